The van der Waals surface area contributed by atoms with Crippen LogP contribution < -0.4 is 19.7 Å². The smallest absolute Gasteiger partial charge is 0.321 e. The van der Waals surface area contributed by atoms with Gasteiger partial charge in [-0.3, -0.25) is 4.79 Å². The minimum atomic E-state index is -0.260. The summed E-state index contributed by atoms with van der Waals surface area (Å²) >= 11 is 0. The van der Waals surface area contributed by atoms with Gasteiger partial charge in [-0.2, -0.15) is 15.0 Å². The number of pyridine rings is 1. The summed E-state index contributed by atoms with van der Waals surface area (Å²) in [5.74, 6) is 1.16. The fourth-order valence-electron chi connectivity index (χ4n) is 2.72. The third kappa shape index (κ3) is 4.35. The molecule has 9 heteroatoms. The second kappa shape index (κ2) is 8.41. The standard InChI is InChI=1S/C17H22N6O3/c1-25-14-10-12(6-7-18-14)15(24)19-11-13-20-16(22-17(21-13)26-2)23-8-4-3-5-9-23/h6-7,10H,3-5,8-9,11H2,1-2H3,(H,19,24). The minimum Gasteiger partial charge on any atom is -0.481 e. The monoisotopic (exact) mass is 358 g/mol. The lowest BCUT2D eigenvalue weighted by atomic mass is 10.1. The van der Waals surface area contributed by atoms with Gasteiger partial charge >= 0.3 is 6.01 Å². The highest BCUT2D eigenvalue weighted by atomic mass is 16.5. The highest BCUT2D eigenvalue weighted by Crippen LogP contribution is 2.17. The van der Waals surface area contributed by atoms with Crippen molar-refractivity contribution in [1.82, 2.24) is 25.3 Å². The molecular weight excluding hydrogens is 336 g/mol. The zero-order chi connectivity index (χ0) is 18.4. The number of anilines is 1. The maximum absolute atomic E-state index is 12.3. The number of amides is 1. The number of hydrogen-bond donors (Lipinski definition) is 1. The van der Waals surface area contributed by atoms with Crippen LogP contribution in [0.4, 0.5) is 5.95 Å². The molecule has 0 saturated carbocycles. The molecule has 0 aliphatic carbocycles. The average Bonchev–Trinajstić information content (AvgIpc) is 2.72. The van der Waals surface area contributed by atoms with Crippen LogP contribution >= 0.6 is 0 Å². The number of carbonyl (C=O) groups is 1. The van der Waals surface area contributed by atoms with E-state index in [2.05, 4.69) is 30.2 Å². The van der Waals surface area contributed by atoms with Crippen LogP contribution in [0.5, 0.6) is 11.9 Å². The summed E-state index contributed by atoms with van der Waals surface area (Å²) in [6, 6.07) is 3.43. The molecule has 26 heavy (non-hydrogen) atoms. The van der Waals surface area contributed by atoms with Crippen LogP contribution in [0.15, 0.2) is 18.3 Å². The first kappa shape index (κ1) is 17.8. The Morgan fingerprint density at radius 3 is 2.69 bits per heavy atom. The molecule has 1 saturated heterocycles. The molecule has 1 fully saturated rings. The van der Waals surface area contributed by atoms with E-state index < -0.39 is 0 Å². The molecule has 1 N–H and O–H groups in total. The molecule has 1 aliphatic rings. The van der Waals surface area contributed by atoms with Gasteiger partial charge in [-0.15, -0.1) is 0 Å². The van der Waals surface area contributed by atoms with Gasteiger partial charge in [-0.1, -0.05) is 0 Å². The molecule has 3 rings (SSSR count). The van der Waals surface area contributed by atoms with Crippen LogP contribution in [0.1, 0.15) is 35.4 Å². The van der Waals surface area contributed by atoms with Crippen LogP contribution in [-0.2, 0) is 6.54 Å². The largest absolute Gasteiger partial charge is 0.481 e. The lowest BCUT2D eigenvalue weighted by Crippen LogP contribution is -2.32. The summed E-state index contributed by atoms with van der Waals surface area (Å²) in [5, 5.41) is 2.80. The Kier molecular flexibility index (Phi) is 5.77. The molecule has 2 aromatic rings. The van der Waals surface area contributed by atoms with E-state index >= 15 is 0 Å². The first-order valence-electron chi connectivity index (χ1n) is 8.51. The van der Waals surface area contributed by atoms with E-state index in [4.69, 9.17) is 9.47 Å². The van der Waals surface area contributed by atoms with E-state index in [9.17, 15) is 4.79 Å². The quantitative estimate of drug-likeness (QED) is 0.822. The summed E-state index contributed by atoms with van der Waals surface area (Å²) in [6.45, 7) is 1.99. The number of aromatic nitrogens is 4. The Morgan fingerprint density at radius 1 is 1.15 bits per heavy atom. The summed E-state index contributed by atoms with van der Waals surface area (Å²) in [6.07, 6.45) is 4.97. The van der Waals surface area contributed by atoms with Gasteiger partial charge in [0.05, 0.1) is 20.8 Å². The Bertz CT molecular complexity index is 764. The number of hydrogen-bond acceptors (Lipinski definition) is 8. The summed E-state index contributed by atoms with van der Waals surface area (Å²) < 4.78 is 10.2. The number of piperidine rings is 1. The van der Waals surface area contributed by atoms with Crippen molar-refractivity contribution in [2.24, 2.45) is 0 Å². The Labute approximate surface area is 151 Å². The molecule has 0 radical (unpaired) electrons. The summed E-state index contributed by atoms with van der Waals surface area (Å²) in [5.41, 5.74) is 0.453. The first-order chi connectivity index (χ1) is 12.7. The minimum absolute atomic E-state index is 0.170. The third-order valence-electron chi connectivity index (χ3n) is 4.08. The fraction of sp³-hybridized carbons (Fsp3) is 0.471. The zero-order valence-electron chi connectivity index (χ0n) is 14.9. The third-order valence-corrected chi connectivity index (χ3v) is 4.08. The molecule has 0 atom stereocenters. The molecule has 2 aromatic heterocycles. The van der Waals surface area contributed by atoms with E-state index in [0.717, 1.165) is 25.9 Å². The molecule has 1 amide bonds. The van der Waals surface area contributed by atoms with Crippen LogP contribution in [0.2, 0.25) is 0 Å². The SMILES string of the molecule is COc1cc(C(=O)NCc2nc(OC)nc(N3CCCCC3)n2)ccn1. The van der Waals surface area contributed by atoms with Gasteiger partial charge in [0.15, 0.2) is 5.82 Å². The summed E-state index contributed by atoms with van der Waals surface area (Å²) in [7, 11) is 3.02. The van der Waals surface area contributed by atoms with E-state index in [1.54, 1.807) is 12.1 Å². The number of ether oxygens (including phenoxy) is 2. The molecule has 1 aliphatic heterocycles. The van der Waals surface area contributed by atoms with Crippen molar-refractivity contribution in [2.45, 2.75) is 25.8 Å². The molecule has 0 aromatic carbocycles. The van der Waals surface area contributed by atoms with Crippen molar-refractivity contribution in [3.05, 3.63) is 29.7 Å². The normalized spacial score (nSPS) is 14.0. The molecule has 3 heterocycles. The van der Waals surface area contributed by atoms with Gasteiger partial charge in [0.1, 0.15) is 0 Å². The van der Waals surface area contributed by atoms with Gasteiger partial charge in [0, 0.05) is 30.9 Å². The lowest BCUT2D eigenvalue weighted by molar-refractivity contribution is 0.0949. The maximum atomic E-state index is 12.3. The fourth-order valence-corrected chi connectivity index (χ4v) is 2.72. The van der Waals surface area contributed by atoms with Gasteiger partial charge < -0.3 is 19.7 Å². The van der Waals surface area contributed by atoms with Gasteiger partial charge in [-0.25, -0.2) is 4.98 Å². The topological polar surface area (TPSA) is 102 Å². The molecule has 9 nitrogen and oxygen atoms in total. The molecule has 0 spiro atoms. The van der Waals surface area contributed by atoms with Gasteiger partial charge in [-0.05, 0) is 25.3 Å². The van der Waals surface area contributed by atoms with E-state index in [-0.39, 0.29) is 18.5 Å². The van der Waals surface area contributed by atoms with Gasteiger partial charge in [0.2, 0.25) is 11.8 Å². The summed E-state index contributed by atoms with van der Waals surface area (Å²) in [4.78, 5) is 31.5. The van der Waals surface area contributed by atoms with Crippen molar-refractivity contribution < 1.29 is 14.3 Å². The van der Waals surface area contributed by atoms with Crippen molar-refractivity contribution in [3.8, 4) is 11.9 Å². The number of carbonyl (C=O) groups excluding carboxylic acids is 1. The number of nitrogens with one attached hydrogen (secondary N) is 1. The average molecular weight is 358 g/mol. The second-order valence-corrected chi connectivity index (χ2v) is 5.86. The second-order valence-electron chi connectivity index (χ2n) is 5.86. The van der Waals surface area contributed by atoms with Crippen LogP contribution in [0.3, 0.4) is 0 Å². The zero-order valence-corrected chi connectivity index (χ0v) is 14.9. The molecule has 0 unspecified atom stereocenters. The van der Waals surface area contributed by atoms with E-state index in [1.165, 1.54) is 26.8 Å². The predicted molar refractivity (Wildman–Crippen MR) is 94.4 cm³/mol. The maximum Gasteiger partial charge on any atom is 0.321 e. The van der Waals surface area contributed by atoms with Crippen LogP contribution in [0, 0.1) is 0 Å². The van der Waals surface area contributed by atoms with Crippen molar-refractivity contribution in [1.29, 1.82) is 0 Å². The molecule has 138 valence electrons. The first-order valence-corrected chi connectivity index (χ1v) is 8.51. The number of methoxy groups -OCH3 is 2. The van der Waals surface area contributed by atoms with Crippen molar-refractivity contribution in [2.75, 3.05) is 32.2 Å². The lowest BCUT2D eigenvalue weighted by Gasteiger charge is -2.26. The number of rotatable bonds is 6. The Hall–Kier alpha value is -2.97. The van der Waals surface area contributed by atoms with Crippen LogP contribution in [-0.4, -0.2) is 53.2 Å². The molecular formula is C17H22N6O3. The Balaban J connectivity index is 1.71. The van der Waals surface area contributed by atoms with Crippen LogP contribution in [0.25, 0.3) is 0 Å². The molecule has 0 bridgehead atoms. The van der Waals surface area contributed by atoms with E-state index in [1.807, 2.05) is 0 Å². The highest BCUT2D eigenvalue weighted by molar-refractivity contribution is 5.94. The van der Waals surface area contributed by atoms with Crippen molar-refractivity contribution in [3.63, 3.8) is 0 Å². The van der Waals surface area contributed by atoms with Crippen molar-refractivity contribution >= 4 is 11.9 Å². The highest BCUT2D eigenvalue weighted by Gasteiger charge is 2.17. The Morgan fingerprint density at radius 2 is 1.96 bits per heavy atom. The number of nitrogens with zero attached hydrogens (tertiary/aromatic N) is 5. The van der Waals surface area contributed by atoms with E-state index in [0.29, 0.717) is 23.2 Å². The predicted octanol–water partition coefficient (Wildman–Crippen LogP) is 1.20. The van der Waals surface area contributed by atoms with Gasteiger partial charge in [0.25, 0.3) is 5.91 Å².